The zero-order chi connectivity index (χ0) is 22.6. The van der Waals surface area contributed by atoms with Gasteiger partial charge in [0.1, 0.15) is 12.4 Å². The van der Waals surface area contributed by atoms with Gasteiger partial charge < -0.3 is 20.5 Å². The van der Waals surface area contributed by atoms with Crippen molar-refractivity contribution in [1.82, 2.24) is 5.32 Å². The maximum atomic E-state index is 12.4. The second-order valence-corrected chi connectivity index (χ2v) is 7.32. The molecule has 0 radical (unpaired) electrons. The van der Waals surface area contributed by atoms with Gasteiger partial charge in [-0.3, -0.25) is 9.59 Å². The molecule has 166 valence electrons. The third-order valence-electron chi connectivity index (χ3n) is 4.86. The topological polar surface area (TPSA) is 108 Å². The molecule has 7 nitrogen and oxygen atoms in total. The average molecular weight is 427 g/mol. The highest BCUT2D eigenvalue weighted by molar-refractivity contribution is 5.97. The van der Waals surface area contributed by atoms with Gasteiger partial charge in [0.05, 0.1) is 18.7 Å². The fourth-order valence-electron chi connectivity index (χ4n) is 3.09. The number of rotatable bonds is 12. The Morgan fingerprint density at radius 1 is 1.03 bits per heavy atom. The molecule has 0 saturated carbocycles. The van der Waals surface area contributed by atoms with Crippen LogP contribution < -0.4 is 15.8 Å². The summed E-state index contributed by atoms with van der Waals surface area (Å²) in [7, 11) is 1.50. The fraction of sp³-hybridized carbons (Fsp3) is 0.375. The van der Waals surface area contributed by atoms with Gasteiger partial charge in [0.25, 0.3) is 0 Å². The first kappa shape index (κ1) is 24.1. The van der Waals surface area contributed by atoms with E-state index in [4.69, 9.17) is 15.2 Å². The van der Waals surface area contributed by atoms with Crippen molar-refractivity contribution in [1.29, 1.82) is 0 Å². The van der Waals surface area contributed by atoms with Crippen molar-refractivity contribution < 1.29 is 23.9 Å². The quantitative estimate of drug-likeness (QED) is 0.398. The third kappa shape index (κ3) is 8.22. The van der Waals surface area contributed by atoms with Crippen LogP contribution in [0.15, 0.2) is 48.5 Å². The first-order valence-corrected chi connectivity index (χ1v) is 10.3. The summed E-state index contributed by atoms with van der Waals surface area (Å²) in [5.41, 5.74) is 8.13. The number of nitrogens with one attached hydrogen (secondary N) is 1. The van der Waals surface area contributed by atoms with E-state index in [1.807, 2.05) is 30.3 Å². The molecule has 2 aromatic carbocycles. The predicted octanol–water partition coefficient (Wildman–Crippen LogP) is 3.43. The molecular weight excluding hydrogens is 396 g/mol. The highest BCUT2D eigenvalue weighted by atomic mass is 16.5. The Bertz CT molecular complexity index is 883. The van der Waals surface area contributed by atoms with Gasteiger partial charge in [-0.1, -0.05) is 36.4 Å². The Hall–Kier alpha value is -3.19. The van der Waals surface area contributed by atoms with E-state index in [1.54, 1.807) is 18.2 Å². The molecule has 0 aliphatic rings. The zero-order valence-corrected chi connectivity index (χ0v) is 18.1. The van der Waals surface area contributed by atoms with E-state index in [-0.39, 0.29) is 24.6 Å². The summed E-state index contributed by atoms with van der Waals surface area (Å²) in [5.74, 6) is 0.280. The minimum absolute atomic E-state index is 0.0881. The summed E-state index contributed by atoms with van der Waals surface area (Å²) in [4.78, 5) is 35.8. The van der Waals surface area contributed by atoms with Crippen LogP contribution in [0.5, 0.6) is 5.75 Å². The Labute approximate surface area is 182 Å². The van der Waals surface area contributed by atoms with Crippen molar-refractivity contribution in [2.45, 2.75) is 45.3 Å². The van der Waals surface area contributed by atoms with Crippen LogP contribution in [-0.2, 0) is 22.6 Å². The molecule has 1 amide bonds. The lowest BCUT2D eigenvalue weighted by atomic mass is 9.98. The van der Waals surface area contributed by atoms with Crippen molar-refractivity contribution in [3.05, 3.63) is 65.2 Å². The van der Waals surface area contributed by atoms with Gasteiger partial charge in [-0.05, 0) is 49.4 Å². The van der Waals surface area contributed by atoms with Crippen LogP contribution >= 0.6 is 0 Å². The van der Waals surface area contributed by atoms with E-state index in [0.717, 1.165) is 11.1 Å². The van der Waals surface area contributed by atoms with Crippen molar-refractivity contribution in [2.24, 2.45) is 5.73 Å². The zero-order valence-electron chi connectivity index (χ0n) is 18.1. The summed E-state index contributed by atoms with van der Waals surface area (Å²) < 4.78 is 10.3. The van der Waals surface area contributed by atoms with E-state index in [0.29, 0.717) is 37.1 Å². The molecule has 0 spiro atoms. The highest BCUT2D eigenvalue weighted by Gasteiger charge is 2.16. The number of ether oxygens (including phenoxy) is 2. The minimum atomic E-state index is -0.590. The van der Waals surface area contributed by atoms with E-state index < -0.39 is 12.1 Å². The largest absolute Gasteiger partial charge is 0.496 e. The number of amides is 1. The van der Waals surface area contributed by atoms with Crippen LogP contribution in [0.1, 0.15) is 47.7 Å². The summed E-state index contributed by atoms with van der Waals surface area (Å²) >= 11 is 0. The van der Waals surface area contributed by atoms with Crippen LogP contribution in [0.4, 0.5) is 4.79 Å². The maximum Gasteiger partial charge on any atom is 0.407 e. The van der Waals surface area contributed by atoms with Crippen LogP contribution in [0.3, 0.4) is 0 Å². The molecule has 0 heterocycles. The number of unbranched alkanes of at least 4 members (excludes halogenated alkanes) is 1. The van der Waals surface area contributed by atoms with Gasteiger partial charge in [0.15, 0.2) is 11.6 Å². The number of hydrogen-bond acceptors (Lipinski definition) is 6. The molecule has 3 N–H and O–H groups in total. The molecule has 0 unspecified atom stereocenters. The highest BCUT2D eigenvalue weighted by Crippen LogP contribution is 2.21. The molecular formula is C24H30N2O5. The summed E-state index contributed by atoms with van der Waals surface area (Å²) in [5, 5.41) is 2.69. The molecule has 7 heteroatoms. The van der Waals surface area contributed by atoms with Crippen LogP contribution in [-0.4, -0.2) is 37.4 Å². The van der Waals surface area contributed by atoms with Crippen molar-refractivity contribution >= 4 is 17.7 Å². The number of methoxy groups -OCH3 is 1. The summed E-state index contributed by atoms with van der Waals surface area (Å²) in [6, 6.07) is 14.0. The molecule has 0 saturated heterocycles. The number of Topliss-reactive ketones (excluding diaryl/α,β-unsaturated/α-hetero) is 2. The molecule has 31 heavy (non-hydrogen) atoms. The van der Waals surface area contributed by atoms with Gasteiger partial charge in [0, 0.05) is 13.0 Å². The number of carbonyl (C=O) groups is 3. The second kappa shape index (κ2) is 12.5. The number of hydrogen-bond donors (Lipinski definition) is 2. The Kier molecular flexibility index (Phi) is 9.71. The van der Waals surface area contributed by atoms with Crippen LogP contribution in [0.25, 0.3) is 0 Å². The fourth-order valence-corrected chi connectivity index (χ4v) is 3.09. The first-order valence-electron chi connectivity index (χ1n) is 10.3. The molecule has 0 aliphatic carbocycles. The molecule has 2 aromatic rings. The molecule has 0 fully saturated rings. The number of nitrogens with two attached hydrogens (primary N) is 1. The van der Waals surface area contributed by atoms with Gasteiger partial charge in [-0.25, -0.2) is 4.79 Å². The molecule has 2 rings (SSSR count). The summed E-state index contributed by atoms with van der Waals surface area (Å²) in [6.45, 7) is 2.14. The Morgan fingerprint density at radius 2 is 1.77 bits per heavy atom. The standard InChI is InChI=1S/C24H30N2O5/c1-17(27)20-14-19(11-12-23(20)30-2)15-22(28)21(25)10-6-7-13-26-24(29)31-16-18-8-4-3-5-9-18/h3-5,8-9,11-12,14,21H,6-7,10,13,15-16,25H2,1-2H3,(H,26,29)/t21-/m0/s1. The SMILES string of the molecule is COc1ccc(CC(=O)[C@@H](N)CCCCNC(=O)OCc2ccccc2)cc1C(C)=O. The van der Waals surface area contributed by atoms with Crippen molar-refractivity contribution in [3.8, 4) is 5.75 Å². The first-order chi connectivity index (χ1) is 14.9. The van der Waals surface area contributed by atoms with E-state index in [1.165, 1.54) is 14.0 Å². The lowest BCUT2D eigenvalue weighted by molar-refractivity contribution is -0.119. The lowest BCUT2D eigenvalue weighted by Gasteiger charge is -2.12. The predicted molar refractivity (Wildman–Crippen MR) is 118 cm³/mol. The molecule has 1 atom stereocenters. The third-order valence-corrected chi connectivity index (χ3v) is 4.86. The van der Waals surface area contributed by atoms with Crippen LogP contribution in [0, 0.1) is 0 Å². The number of alkyl carbamates (subject to hydrolysis) is 1. The number of benzene rings is 2. The van der Waals surface area contributed by atoms with Crippen molar-refractivity contribution in [2.75, 3.05) is 13.7 Å². The monoisotopic (exact) mass is 426 g/mol. The number of ketones is 2. The van der Waals surface area contributed by atoms with Crippen molar-refractivity contribution in [3.63, 3.8) is 0 Å². The number of carbonyl (C=O) groups excluding carboxylic acids is 3. The second-order valence-electron chi connectivity index (χ2n) is 7.32. The van der Waals surface area contributed by atoms with Crippen LogP contribution in [0.2, 0.25) is 0 Å². The molecule has 0 aliphatic heterocycles. The Balaban J connectivity index is 1.66. The van der Waals surface area contributed by atoms with Gasteiger partial charge >= 0.3 is 6.09 Å². The van der Waals surface area contributed by atoms with E-state index in [9.17, 15) is 14.4 Å². The normalized spacial score (nSPS) is 11.5. The van der Waals surface area contributed by atoms with E-state index >= 15 is 0 Å². The maximum absolute atomic E-state index is 12.4. The molecule has 0 aromatic heterocycles. The van der Waals surface area contributed by atoms with Gasteiger partial charge in [0.2, 0.25) is 0 Å². The summed E-state index contributed by atoms with van der Waals surface area (Å²) in [6.07, 6.45) is 1.61. The minimum Gasteiger partial charge on any atom is -0.496 e. The van der Waals surface area contributed by atoms with Gasteiger partial charge in [-0.15, -0.1) is 0 Å². The smallest absolute Gasteiger partial charge is 0.407 e. The Morgan fingerprint density at radius 3 is 2.45 bits per heavy atom. The van der Waals surface area contributed by atoms with Gasteiger partial charge in [-0.2, -0.15) is 0 Å². The average Bonchev–Trinajstić information content (AvgIpc) is 2.77. The van der Waals surface area contributed by atoms with E-state index in [2.05, 4.69) is 5.32 Å². The lowest BCUT2D eigenvalue weighted by Crippen LogP contribution is -2.32. The molecule has 0 bridgehead atoms.